The molecule has 0 aromatic carbocycles. The molecule has 0 spiro atoms. The predicted molar refractivity (Wildman–Crippen MR) is 72.7 cm³/mol. The van der Waals surface area contributed by atoms with Crippen molar-refractivity contribution >= 4 is 5.91 Å². The van der Waals surface area contributed by atoms with Gasteiger partial charge in [-0.15, -0.1) is 0 Å². The number of aromatic nitrogens is 1. The molecule has 1 fully saturated rings. The van der Waals surface area contributed by atoms with Crippen molar-refractivity contribution in [2.45, 2.75) is 31.9 Å². The SMILES string of the molecule is CC(C)(CO)NC(=O)c1ccc(OC2CCOC2)nc1. The fraction of sp³-hybridized carbons (Fsp3) is 0.571. The summed E-state index contributed by atoms with van der Waals surface area (Å²) in [6, 6.07) is 3.32. The van der Waals surface area contributed by atoms with Crippen LogP contribution in [0.15, 0.2) is 18.3 Å². The van der Waals surface area contributed by atoms with Crippen molar-refractivity contribution in [3.8, 4) is 5.88 Å². The van der Waals surface area contributed by atoms with Crippen molar-refractivity contribution in [1.82, 2.24) is 10.3 Å². The number of carbonyl (C=O) groups is 1. The molecule has 1 aliphatic heterocycles. The molecular weight excluding hydrogens is 260 g/mol. The van der Waals surface area contributed by atoms with Crippen LogP contribution >= 0.6 is 0 Å². The zero-order valence-corrected chi connectivity index (χ0v) is 11.8. The Balaban J connectivity index is 1.95. The van der Waals surface area contributed by atoms with Crippen LogP contribution in [0.25, 0.3) is 0 Å². The second-order valence-corrected chi connectivity index (χ2v) is 5.48. The summed E-state index contributed by atoms with van der Waals surface area (Å²) in [5.74, 6) is 0.214. The molecule has 6 heteroatoms. The zero-order valence-electron chi connectivity index (χ0n) is 11.8. The van der Waals surface area contributed by atoms with Crippen molar-refractivity contribution in [3.05, 3.63) is 23.9 Å². The number of aliphatic hydroxyl groups excluding tert-OH is 1. The van der Waals surface area contributed by atoms with Gasteiger partial charge in [0.15, 0.2) is 0 Å². The minimum absolute atomic E-state index is 0.0375. The molecule has 1 aliphatic rings. The molecule has 2 heterocycles. The second kappa shape index (κ2) is 6.19. The van der Waals surface area contributed by atoms with Crippen molar-refractivity contribution < 1.29 is 19.4 Å². The molecule has 6 nitrogen and oxygen atoms in total. The number of carbonyl (C=O) groups excluding carboxylic acids is 1. The van der Waals surface area contributed by atoms with E-state index < -0.39 is 5.54 Å². The van der Waals surface area contributed by atoms with Gasteiger partial charge in [-0.25, -0.2) is 4.98 Å². The fourth-order valence-electron chi connectivity index (χ4n) is 1.78. The van der Waals surface area contributed by atoms with Crippen LogP contribution in [0.2, 0.25) is 0 Å². The van der Waals surface area contributed by atoms with Gasteiger partial charge in [-0.3, -0.25) is 4.79 Å². The van der Waals surface area contributed by atoms with E-state index in [0.717, 1.165) is 6.42 Å². The molecule has 2 N–H and O–H groups in total. The number of nitrogens with one attached hydrogen (secondary N) is 1. The lowest BCUT2D eigenvalue weighted by atomic mass is 10.1. The first-order chi connectivity index (χ1) is 9.50. The largest absolute Gasteiger partial charge is 0.472 e. The Kier molecular flexibility index (Phi) is 4.57. The average molecular weight is 280 g/mol. The van der Waals surface area contributed by atoms with Crippen LogP contribution in [0, 0.1) is 0 Å². The molecular formula is C14H20N2O4. The fourth-order valence-corrected chi connectivity index (χ4v) is 1.78. The first kappa shape index (κ1) is 14.7. The summed E-state index contributed by atoms with van der Waals surface area (Å²) in [5.41, 5.74) is -0.227. The summed E-state index contributed by atoms with van der Waals surface area (Å²) < 4.78 is 10.8. The smallest absolute Gasteiger partial charge is 0.253 e. The van der Waals surface area contributed by atoms with Gasteiger partial charge in [-0.05, 0) is 19.9 Å². The van der Waals surface area contributed by atoms with E-state index in [1.54, 1.807) is 26.0 Å². The highest BCUT2D eigenvalue weighted by Gasteiger charge is 2.21. The molecule has 0 saturated carbocycles. The van der Waals surface area contributed by atoms with E-state index in [0.29, 0.717) is 24.7 Å². The normalized spacial score (nSPS) is 18.9. The van der Waals surface area contributed by atoms with Crippen LogP contribution in [-0.4, -0.2) is 47.5 Å². The van der Waals surface area contributed by atoms with Gasteiger partial charge in [0.25, 0.3) is 5.91 Å². The van der Waals surface area contributed by atoms with E-state index in [9.17, 15) is 4.79 Å². The highest BCUT2D eigenvalue weighted by atomic mass is 16.5. The monoisotopic (exact) mass is 280 g/mol. The first-order valence-electron chi connectivity index (χ1n) is 6.64. The van der Waals surface area contributed by atoms with Gasteiger partial charge in [0.1, 0.15) is 6.10 Å². The Morgan fingerprint density at radius 2 is 2.40 bits per heavy atom. The maximum atomic E-state index is 12.0. The van der Waals surface area contributed by atoms with E-state index in [4.69, 9.17) is 14.6 Å². The minimum atomic E-state index is -0.659. The molecule has 0 bridgehead atoms. The lowest BCUT2D eigenvalue weighted by molar-refractivity contribution is 0.0868. The van der Waals surface area contributed by atoms with Gasteiger partial charge in [-0.1, -0.05) is 0 Å². The summed E-state index contributed by atoms with van der Waals surface area (Å²) in [5, 5.41) is 11.9. The lowest BCUT2D eigenvalue weighted by Crippen LogP contribution is -2.46. The van der Waals surface area contributed by atoms with E-state index >= 15 is 0 Å². The third-order valence-corrected chi connectivity index (χ3v) is 3.02. The molecule has 110 valence electrons. The van der Waals surface area contributed by atoms with Gasteiger partial charge < -0.3 is 19.9 Å². The molecule has 1 aromatic rings. The number of nitrogens with zero attached hydrogens (tertiary/aromatic N) is 1. The molecule has 1 amide bonds. The molecule has 1 aromatic heterocycles. The van der Waals surface area contributed by atoms with Crippen LogP contribution in [0.5, 0.6) is 5.88 Å². The molecule has 20 heavy (non-hydrogen) atoms. The number of hydrogen-bond acceptors (Lipinski definition) is 5. The lowest BCUT2D eigenvalue weighted by Gasteiger charge is -2.23. The maximum absolute atomic E-state index is 12.0. The Morgan fingerprint density at radius 1 is 1.60 bits per heavy atom. The van der Waals surface area contributed by atoms with Gasteiger partial charge in [0.05, 0.1) is 30.9 Å². The quantitative estimate of drug-likeness (QED) is 0.832. The van der Waals surface area contributed by atoms with Crippen LogP contribution in [0.3, 0.4) is 0 Å². The summed E-state index contributed by atoms with van der Waals surface area (Å²) in [7, 11) is 0. The van der Waals surface area contributed by atoms with Gasteiger partial charge in [0, 0.05) is 18.7 Å². The average Bonchev–Trinajstić information content (AvgIpc) is 2.92. The number of hydrogen-bond donors (Lipinski definition) is 2. The second-order valence-electron chi connectivity index (χ2n) is 5.48. The highest BCUT2D eigenvalue weighted by molar-refractivity contribution is 5.94. The van der Waals surface area contributed by atoms with Crippen molar-refractivity contribution in [2.24, 2.45) is 0 Å². The van der Waals surface area contributed by atoms with Gasteiger partial charge in [0.2, 0.25) is 5.88 Å². The van der Waals surface area contributed by atoms with Crippen molar-refractivity contribution in [2.75, 3.05) is 19.8 Å². The van der Waals surface area contributed by atoms with Crippen molar-refractivity contribution in [1.29, 1.82) is 0 Å². The third-order valence-electron chi connectivity index (χ3n) is 3.02. The maximum Gasteiger partial charge on any atom is 0.253 e. The Labute approximate surface area is 118 Å². The van der Waals surface area contributed by atoms with Gasteiger partial charge >= 0.3 is 0 Å². The summed E-state index contributed by atoms with van der Waals surface area (Å²) >= 11 is 0. The van der Waals surface area contributed by atoms with E-state index in [-0.39, 0.29) is 18.6 Å². The molecule has 1 unspecified atom stereocenters. The number of aliphatic hydroxyl groups is 1. The molecule has 1 atom stereocenters. The molecule has 0 radical (unpaired) electrons. The van der Waals surface area contributed by atoms with Gasteiger partial charge in [-0.2, -0.15) is 0 Å². The Morgan fingerprint density at radius 3 is 2.95 bits per heavy atom. The number of pyridine rings is 1. The van der Waals surface area contributed by atoms with Crippen LogP contribution in [0.1, 0.15) is 30.6 Å². The third kappa shape index (κ3) is 3.91. The standard InChI is InChI=1S/C14H20N2O4/c1-14(2,9-17)16-13(18)10-3-4-12(15-7-10)20-11-5-6-19-8-11/h3-4,7,11,17H,5-6,8-9H2,1-2H3,(H,16,18). The van der Waals surface area contributed by atoms with E-state index in [1.807, 2.05) is 0 Å². The topological polar surface area (TPSA) is 80.7 Å². The van der Waals surface area contributed by atoms with Crippen LogP contribution in [0.4, 0.5) is 0 Å². The minimum Gasteiger partial charge on any atom is -0.472 e. The van der Waals surface area contributed by atoms with Crippen molar-refractivity contribution in [3.63, 3.8) is 0 Å². The summed E-state index contributed by atoms with van der Waals surface area (Å²) in [4.78, 5) is 16.1. The summed E-state index contributed by atoms with van der Waals surface area (Å²) in [6.07, 6.45) is 2.36. The van der Waals surface area contributed by atoms with Crippen LogP contribution in [-0.2, 0) is 4.74 Å². The Hall–Kier alpha value is -1.66. The van der Waals surface area contributed by atoms with E-state index in [2.05, 4.69) is 10.3 Å². The Bertz CT molecular complexity index is 453. The van der Waals surface area contributed by atoms with E-state index in [1.165, 1.54) is 6.20 Å². The number of ether oxygens (including phenoxy) is 2. The highest BCUT2D eigenvalue weighted by Crippen LogP contribution is 2.15. The number of amides is 1. The molecule has 0 aliphatic carbocycles. The molecule has 1 saturated heterocycles. The van der Waals surface area contributed by atoms with Crippen LogP contribution < -0.4 is 10.1 Å². The summed E-state index contributed by atoms with van der Waals surface area (Å²) in [6.45, 7) is 4.65. The predicted octanol–water partition coefficient (Wildman–Crippen LogP) is 0.750. The zero-order chi connectivity index (χ0) is 14.6. The molecule has 2 rings (SSSR count). The first-order valence-corrected chi connectivity index (χ1v) is 6.64. The number of rotatable bonds is 5.